The van der Waals surface area contributed by atoms with E-state index in [1.54, 1.807) is 11.0 Å². The Balaban J connectivity index is 1.94. The molecule has 0 aliphatic carbocycles. The number of carbonyl (C=O) groups excluding carboxylic acids is 1. The number of carboxylic acid groups (broad SMARTS) is 1. The van der Waals surface area contributed by atoms with Crippen LogP contribution in [0.15, 0.2) is 24.3 Å². The highest BCUT2D eigenvalue weighted by Crippen LogP contribution is 2.20. The van der Waals surface area contributed by atoms with Crippen molar-refractivity contribution < 1.29 is 19.1 Å². The standard InChI is InChI=1S/C15H15ClFNO3/c16-12-7-10(1-3-13(12)17)2-4-14(19)18-6-5-11(9-18)8-15(20)21/h1-4,7,11H,5-6,8-9H2,(H,20,21). The van der Waals surface area contributed by atoms with E-state index in [4.69, 9.17) is 16.7 Å². The molecular formula is C15H15ClFNO3. The molecule has 6 heteroatoms. The Morgan fingerprint density at radius 1 is 1.48 bits per heavy atom. The van der Waals surface area contributed by atoms with Crippen LogP contribution in [-0.2, 0) is 9.59 Å². The molecule has 1 aliphatic heterocycles. The number of hydrogen-bond donors (Lipinski definition) is 1. The van der Waals surface area contributed by atoms with Gasteiger partial charge in [0.1, 0.15) is 5.82 Å². The van der Waals surface area contributed by atoms with E-state index in [1.807, 2.05) is 0 Å². The van der Waals surface area contributed by atoms with Crippen molar-refractivity contribution in [3.63, 3.8) is 0 Å². The second kappa shape index (κ2) is 6.72. The van der Waals surface area contributed by atoms with Crippen molar-refractivity contribution in [2.24, 2.45) is 5.92 Å². The second-order valence-electron chi connectivity index (χ2n) is 5.04. The van der Waals surface area contributed by atoms with E-state index in [2.05, 4.69) is 0 Å². The molecule has 0 bridgehead atoms. The maximum Gasteiger partial charge on any atom is 0.303 e. The maximum atomic E-state index is 13.0. The Morgan fingerprint density at radius 3 is 2.90 bits per heavy atom. The van der Waals surface area contributed by atoms with Crippen LogP contribution >= 0.6 is 11.6 Å². The van der Waals surface area contributed by atoms with Gasteiger partial charge in [0.15, 0.2) is 0 Å². The normalized spacial score (nSPS) is 18.4. The van der Waals surface area contributed by atoms with Gasteiger partial charge >= 0.3 is 5.97 Å². The van der Waals surface area contributed by atoms with Gasteiger partial charge in [-0.05, 0) is 36.1 Å². The largest absolute Gasteiger partial charge is 0.481 e. The highest BCUT2D eigenvalue weighted by atomic mass is 35.5. The third-order valence-electron chi connectivity index (χ3n) is 3.42. The quantitative estimate of drug-likeness (QED) is 0.870. The summed E-state index contributed by atoms with van der Waals surface area (Å²) >= 11 is 5.66. The van der Waals surface area contributed by atoms with Crippen LogP contribution in [0.5, 0.6) is 0 Å². The molecule has 4 nitrogen and oxygen atoms in total. The summed E-state index contributed by atoms with van der Waals surface area (Å²) < 4.78 is 13.0. The van der Waals surface area contributed by atoms with Crippen LogP contribution in [0, 0.1) is 11.7 Å². The van der Waals surface area contributed by atoms with Gasteiger partial charge in [-0.15, -0.1) is 0 Å². The molecule has 1 atom stereocenters. The van der Waals surface area contributed by atoms with Crippen molar-refractivity contribution >= 4 is 29.6 Å². The average Bonchev–Trinajstić information content (AvgIpc) is 2.87. The Morgan fingerprint density at radius 2 is 2.24 bits per heavy atom. The minimum absolute atomic E-state index is 0.00675. The lowest BCUT2D eigenvalue weighted by molar-refractivity contribution is -0.138. The van der Waals surface area contributed by atoms with Crippen LogP contribution in [0.2, 0.25) is 5.02 Å². The van der Waals surface area contributed by atoms with Gasteiger partial charge in [-0.1, -0.05) is 17.7 Å². The van der Waals surface area contributed by atoms with Gasteiger partial charge in [0.2, 0.25) is 5.91 Å². The lowest BCUT2D eigenvalue weighted by Crippen LogP contribution is -2.27. The number of rotatable bonds is 4. The van der Waals surface area contributed by atoms with E-state index in [-0.39, 0.29) is 23.3 Å². The molecular weight excluding hydrogens is 297 g/mol. The van der Waals surface area contributed by atoms with Crippen LogP contribution in [0.1, 0.15) is 18.4 Å². The second-order valence-corrected chi connectivity index (χ2v) is 5.45. The lowest BCUT2D eigenvalue weighted by atomic mass is 10.1. The molecule has 1 unspecified atom stereocenters. The van der Waals surface area contributed by atoms with E-state index in [1.165, 1.54) is 24.3 Å². The molecule has 0 saturated carbocycles. The summed E-state index contributed by atoms with van der Waals surface area (Å²) in [5.41, 5.74) is 0.635. The third-order valence-corrected chi connectivity index (χ3v) is 3.71. The topological polar surface area (TPSA) is 57.6 Å². The number of benzene rings is 1. The van der Waals surface area contributed by atoms with Crippen molar-refractivity contribution in [2.75, 3.05) is 13.1 Å². The van der Waals surface area contributed by atoms with E-state index >= 15 is 0 Å². The molecule has 112 valence electrons. The summed E-state index contributed by atoms with van der Waals surface area (Å²) in [6.45, 7) is 1.02. The Kier molecular flexibility index (Phi) is 4.96. The van der Waals surface area contributed by atoms with Crippen molar-refractivity contribution in [2.45, 2.75) is 12.8 Å². The molecule has 2 rings (SSSR count). The first kappa shape index (κ1) is 15.5. The fraction of sp³-hybridized carbons (Fsp3) is 0.333. The summed E-state index contributed by atoms with van der Waals surface area (Å²) in [7, 11) is 0. The average molecular weight is 312 g/mol. The minimum Gasteiger partial charge on any atom is -0.481 e. The molecule has 1 N–H and O–H groups in total. The van der Waals surface area contributed by atoms with E-state index in [0.717, 1.165) is 0 Å². The van der Waals surface area contributed by atoms with Crippen molar-refractivity contribution in [1.82, 2.24) is 4.90 Å². The molecule has 0 spiro atoms. The number of nitrogens with zero attached hydrogens (tertiary/aromatic N) is 1. The fourth-order valence-corrected chi connectivity index (χ4v) is 2.52. The number of hydrogen-bond acceptors (Lipinski definition) is 2. The van der Waals surface area contributed by atoms with Gasteiger partial charge < -0.3 is 10.0 Å². The van der Waals surface area contributed by atoms with Gasteiger partial charge in [-0.25, -0.2) is 4.39 Å². The van der Waals surface area contributed by atoms with E-state index in [9.17, 15) is 14.0 Å². The zero-order chi connectivity index (χ0) is 15.4. The van der Waals surface area contributed by atoms with E-state index in [0.29, 0.717) is 25.1 Å². The molecule has 1 heterocycles. The van der Waals surface area contributed by atoms with Gasteiger partial charge in [-0.2, -0.15) is 0 Å². The van der Waals surface area contributed by atoms with Gasteiger partial charge in [0, 0.05) is 25.6 Å². The predicted octanol–water partition coefficient (Wildman–Crippen LogP) is 2.82. The molecule has 1 fully saturated rings. The highest BCUT2D eigenvalue weighted by Gasteiger charge is 2.26. The first-order valence-corrected chi connectivity index (χ1v) is 6.97. The molecule has 1 aliphatic rings. The van der Waals surface area contributed by atoms with Crippen molar-refractivity contribution in [1.29, 1.82) is 0 Å². The Bertz CT molecular complexity index is 588. The molecule has 1 amide bonds. The number of likely N-dealkylation sites (tertiary alicyclic amines) is 1. The van der Waals surface area contributed by atoms with Gasteiger partial charge in [0.25, 0.3) is 0 Å². The molecule has 21 heavy (non-hydrogen) atoms. The summed E-state index contributed by atoms with van der Waals surface area (Å²) in [6.07, 6.45) is 3.75. The number of carbonyl (C=O) groups is 2. The van der Waals surface area contributed by atoms with Crippen molar-refractivity contribution in [3.05, 3.63) is 40.7 Å². The zero-order valence-corrected chi connectivity index (χ0v) is 12.0. The predicted molar refractivity (Wildman–Crippen MR) is 77.4 cm³/mol. The first-order valence-electron chi connectivity index (χ1n) is 6.59. The van der Waals surface area contributed by atoms with Crippen LogP contribution in [0.3, 0.4) is 0 Å². The zero-order valence-electron chi connectivity index (χ0n) is 11.3. The monoisotopic (exact) mass is 311 g/mol. The number of aliphatic carboxylic acids is 1. The SMILES string of the molecule is O=C(O)CC1CCN(C(=O)C=Cc2ccc(F)c(Cl)c2)C1. The molecule has 0 radical (unpaired) electrons. The third kappa shape index (κ3) is 4.29. The smallest absolute Gasteiger partial charge is 0.303 e. The van der Waals surface area contributed by atoms with E-state index < -0.39 is 11.8 Å². The van der Waals surface area contributed by atoms with Gasteiger partial charge in [-0.3, -0.25) is 9.59 Å². The van der Waals surface area contributed by atoms with Crippen molar-refractivity contribution in [3.8, 4) is 0 Å². The minimum atomic E-state index is -0.842. The van der Waals surface area contributed by atoms with Crippen LogP contribution in [0.25, 0.3) is 6.08 Å². The van der Waals surface area contributed by atoms with Gasteiger partial charge in [0.05, 0.1) is 5.02 Å². The molecule has 1 aromatic rings. The summed E-state index contributed by atoms with van der Waals surface area (Å²) in [5.74, 6) is -1.51. The molecule has 1 aromatic carbocycles. The fourth-order valence-electron chi connectivity index (χ4n) is 2.34. The summed E-state index contributed by atoms with van der Waals surface area (Å²) in [4.78, 5) is 24.2. The summed E-state index contributed by atoms with van der Waals surface area (Å²) in [5, 5.41) is 8.75. The highest BCUT2D eigenvalue weighted by molar-refractivity contribution is 6.30. The lowest BCUT2D eigenvalue weighted by Gasteiger charge is -2.13. The number of carboxylic acids is 1. The Labute approximate surface area is 126 Å². The number of halogens is 2. The van der Waals surface area contributed by atoms with Crippen LogP contribution in [-0.4, -0.2) is 35.0 Å². The summed E-state index contributed by atoms with van der Waals surface area (Å²) in [6, 6.07) is 4.21. The van der Waals surface area contributed by atoms with Crippen LogP contribution < -0.4 is 0 Å². The molecule has 1 saturated heterocycles. The Hall–Kier alpha value is -1.88. The van der Waals surface area contributed by atoms with Crippen LogP contribution in [0.4, 0.5) is 4.39 Å². The maximum absolute atomic E-state index is 13.0. The number of amides is 1. The first-order chi connectivity index (χ1) is 9.95. The molecule has 0 aromatic heterocycles.